The number of ether oxygens (including phenoxy) is 2. The van der Waals surface area contributed by atoms with Crippen molar-refractivity contribution in [1.82, 2.24) is 0 Å². The van der Waals surface area contributed by atoms with E-state index in [1.165, 1.54) is 6.07 Å². The van der Waals surface area contributed by atoms with Crippen LogP contribution in [0.1, 0.15) is 0 Å². The molecule has 3 aromatic carbocycles. The van der Waals surface area contributed by atoms with E-state index in [1.807, 2.05) is 48.1 Å². The van der Waals surface area contributed by atoms with E-state index in [9.17, 15) is 10.2 Å². The number of phenolic OH excluding ortho intramolecular Hbond substituents is 2. The standard InChI is InChI=1S/C19H13NO4/c1-20-8-14-11(4-5-15(21)19(14)22)12-3-2-10-6-16-17(24-9-23-16)7-13(10)18(12)20/h2-8,21H,9H2,1H3/p+1. The second-order valence-electron chi connectivity index (χ2n) is 6.02. The second-order valence-corrected chi connectivity index (χ2v) is 6.02. The van der Waals surface area contributed by atoms with Crippen molar-refractivity contribution < 1.29 is 24.3 Å². The van der Waals surface area contributed by atoms with Gasteiger partial charge in [-0.05, 0) is 35.7 Å². The van der Waals surface area contributed by atoms with E-state index in [2.05, 4.69) is 0 Å². The van der Waals surface area contributed by atoms with Crippen LogP contribution in [0.4, 0.5) is 0 Å². The monoisotopic (exact) mass is 320 g/mol. The lowest BCUT2D eigenvalue weighted by Crippen LogP contribution is -2.28. The van der Waals surface area contributed by atoms with Crippen LogP contribution in [0.2, 0.25) is 0 Å². The second kappa shape index (κ2) is 4.41. The molecule has 0 saturated heterocycles. The molecule has 0 bridgehead atoms. The van der Waals surface area contributed by atoms with Gasteiger partial charge in [0.1, 0.15) is 7.05 Å². The summed E-state index contributed by atoms with van der Waals surface area (Å²) in [6, 6.07) is 11.4. The third kappa shape index (κ3) is 1.61. The Bertz CT molecular complexity index is 1170. The molecular formula is C19H14NO4+. The molecule has 5 heteroatoms. The fourth-order valence-corrected chi connectivity index (χ4v) is 3.52. The Morgan fingerprint density at radius 3 is 2.46 bits per heavy atom. The van der Waals surface area contributed by atoms with Gasteiger partial charge in [0.05, 0.1) is 16.2 Å². The molecule has 0 saturated carbocycles. The van der Waals surface area contributed by atoms with Crippen LogP contribution in [0.3, 0.4) is 0 Å². The van der Waals surface area contributed by atoms with Crippen molar-refractivity contribution in [3.8, 4) is 23.0 Å². The van der Waals surface area contributed by atoms with Crippen LogP contribution >= 0.6 is 0 Å². The minimum absolute atomic E-state index is 0.101. The Morgan fingerprint density at radius 2 is 1.62 bits per heavy atom. The average Bonchev–Trinajstić information content (AvgIpc) is 3.03. The van der Waals surface area contributed by atoms with Crippen LogP contribution in [0.5, 0.6) is 23.0 Å². The molecule has 5 nitrogen and oxygen atoms in total. The van der Waals surface area contributed by atoms with E-state index in [1.54, 1.807) is 0 Å². The highest BCUT2D eigenvalue weighted by atomic mass is 16.7. The van der Waals surface area contributed by atoms with Gasteiger partial charge in [-0.25, -0.2) is 0 Å². The van der Waals surface area contributed by atoms with Gasteiger partial charge < -0.3 is 19.7 Å². The molecule has 0 atom stereocenters. The van der Waals surface area contributed by atoms with Gasteiger partial charge in [0.2, 0.25) is 12.3 Å². The molecule has 1 aliphatic heterocycles. The van der Waals surface area contributed by atoms with E-state index in [-0.39, 0.29) is 18.3 Å². The maximum Gasteiger partial charge on any atom is 0.231 e. The van der Waals surface area contributed by atoms with Crippen LogP contribution in [-0.4, -0.2) is 17.0 Å². The molecule has 0 amide bonds. The van der Waals surface area contributed by atoms with E-state index in [4.69, 9.17) is 9.47 Å². The van der Waals surface area contributed by atoms with Crippen LogP contribution in [0.25, 0.3) is 32.4 Å². The Balaban J connectivity index is 2.00. The number of nitrogens with zero attached hydrogens (tertiary/aromatic N) is 1. The molecule has 1 aromatic heterocycles. The van der Waals surface area contributed by atoms with Crippen LogP contribution in [0.15, 0.2) is 42.6 Å². The molecule has 2 heterocycles. The summed E-state index contributed by atoms with van der Waals surface area (Å²) in [5.74, 6) is 1.28. The van der Waals surface area contributed by atoms with Gasteiger partial charge in [0.25, 0.3) is 0 Å². The van der Waals surface area contributed by atoms with Crippen LogP contribution in [0, 0.1) is 0 Å². The van der Waals surface area contributed by atoms with Crippen LogP contribution in [-0.2, 0) is 7.05 Å². The average molecular weight is 320 g/mol. The molecule has 2 N–H and O–H groups in total. The molecule has 1 aliphatic rings. The minimum Gasteiger partial charge on any atom is -0.504 e. The van der Waals surface area contributed by atoms with Gasteiger partial charge >= 0.3 is 0 Å². The van der Waals surface area contributed by atoms with Gasteiger partial charge in [0, 0.05) is 5.39 Å². The number of benzene rings is 3. The SMILES string of the molecule is C[n+]1cc2c(O)c(O)ccc2c2ccc3cc4c(cc3c21)OCO4. The fourth-order valence-electron chi connectivity index (χ4n) is 3.52. The number of fused-ring (bicyclic) bond motifs is 6. The fraction of sp³-hybridized carbons (Fsp3) is 0.105. The molecule has 0 unspecified atom stereocenters. The number of hydrogen-bond acceptors (Lipinski definition) is 4. The van der Waals surface area contributed by atoms with Crippen LogP contribution < -0.4 is 14.0 Å². The highest BCUT2D eigenvalue weighted by molar-refractivity contribution is 6.15. The number of aryl methyl sites for hydroxylation is 1. The van der Waals surface area contributed by atoms with E-state index in [0.717, 1.165) is 38.6 Å². The van der Waals surface area contributed by atoms with Crippen molar-refractivity contribution in [3.63, 3.8) is 0 Å². The largest absolute Gasteiger partial charge is 0.504 e. The van der Waals surface area contributed by atoms with Crippen molar-refractivity contribution in [3.05, 3.63) is 42.6 Å². The molecule has 0 radical (unpaired) electrons. The first-order chi connectivity index (χ1) is 11.6. The number of rotatable bonds is 0. The predicted molar refractivity (Wildman–Crippen MR) is 89.6 cm³/mol. The van der Waals surface area contributed by atoms with E-state index in [0.29, 0.717) is 5.39 Å². The highest BCUT2D eigenvalue weighted by Crippen LogP contribution is 2.40. The third-order valence-electron chi connectivity index (χ3n) is 4.65. The topological polar surface area (TPSA) is 62.8 Å². The van der Waals surface area contributed by atoms with Crippen molar-refractivity contribution in [2.24, 2.45) is 7.05 Å². The van der Waals surface area contributed by atoms with Gasteiger partial charge in [-0.1, -0.05) is 6.07 Å². The van der Waals surface area contributed by atoms with Gasteiger partial charge in [-0.15, -0.1) is 0 Å². The van der Waals surface area contributed by atoms with E-state index >= 15 is 0 Å². The summed E-state index contributed by atoms with van der Waals surface area (Å²) in [4.78, 5) is 0. The summed E-state index contributed by atoms with van der Waals surface area (Å²) >= 11 is 0. The maximum atomic E-state index is 10.2. The summed E-state index contributed by atoms with van der Waals surface area (Å²) in [7, 11) is 1.93. The Kier molecular flexibility index (Phi) is 2.44. The summed E-state index contributed by atoms with van der Waals surface area (Å²) in [6.07, 6.45) is 1.83. The number of hydrogen-bond donors (Lipinski definition) is 2. The lowest BCUT2D eigenvalue weighted by molar-refractivity contribution is -0.642. The number of phenols is 2. The Labute approximate surface area is 136 Å². The van der Waals surface area contributed by atoms with Gasteiger partial charge in [-0.3, -0.25) is 0 Å². The first-order valence-electron chi connectivity index (χ1n) is 7.63. The Hall–Kier alpha value is -3.21. The molecule has 0 spiro atoms. The molecule has 4 aromatic rings. The van der Waals surface area contributed by atoms with Crippen molar-refractivity contribution in [1.29, 1.82) is 0 Å². The smallest absolute Gasteiger partial charge is 0.231 e. The normalized spacial score (nSPS) is 13.2. The first-order valence-corrected chi connectivity index (χ1v) is 7.63. The zero-order chi connectivity index (χ0) is 16.4. The third-order valence-corrected chi connectivity index (χ3v) is 4.65. The van der Waals surface area contributed by atoms with Gasteiger partial charge in [-0.2, -0.15) is 4.57 Å². The molecular weight excluding hydrogens is 306 g/mol. The highest BCUT2D eigenvalue weighted by Gasteiger charge is 2.21. The molecule has 0 aliphatic carbocycles. The van der Waals surface area contributed by atoms with Crippen molar-refractivity contribution in [2.75, 3.05) is 6.79 Å². The van der Waals surface area contributed by atoms with Crippen molar-refractivity contribution in [2.45, 2.75) is 0 Å². The summed E-state index contributed by atoms with van der Waals surface area (Å²) in [6.45, 7) is 0.242. The van der Waals surface area contributed by atoms with Crippen molar-refractivity contribution >= 4 is 32.4 Å². The first kappa shape index (κ1) is 13.2. The quantitative estimate of drug-likeness (QED) is 0.297. The lowest BCUT2D eigenvalue weighted by atomic mass is 10.00. The number of aromatic nitrogens is 1. The zero-order valence-corrected chi connectivity index (χ0v) is 12.9. The molecule has 0 fully saturated rings. The summed E-state index contributed by atoms with van der Waals surface area (Å²) in [5.41, 5.74) is 1.03. The molecule has 24 heavy (non-hydrogen) atoms. The predicted octanol–water partition coefficient (Wildman–Crippen LogP) is 3.11. The summed E-state index contributed by atoms with van der Waals surface area (Å²) in [5, 5.41) is 24.6. The van der Waals surface area contributed by atoms with Gasteiger partial charge in [0.15, 0.2) is 29.2 Å². The molecule has 118 valence electrons. The minimum atomic E-state index is -0.119. The zero-order valence-electron chi connectivity index (χ0n) is 12.9. The maximum absolute atomic E-state index is 10.2. The van der Waals surface area contributed by atoms with E-state index < -0.39 is 0 Å². The summed E-state index contributed by atoms with van der Waals surface area (Å²) < 4.78 is 12.9. The lowest BCUT2D eigenvalue weighted by Gasteiger charge is -2.08. The Morgan fingerprint density at radius 1 is 0.875 bits per heavy atom. The number of pyridine rings is 1. The molecule has 5 rings (SSSR count). The number of aromatic hydroxyl groups is 2.